The van der Waals surface area contributed by atoms with Crippen LogP contribution >= 0.6 is 0 Å². The van der Waals surface area contributed by atoms with Crippen molar-refractivity contribution in [3.8, 4) is 17.0 Å². The lowest BCUT2D eigenvalue weighted by atomic mass is 10.1. The second-order valence-corrected chi connectivity index (χ2v) is 4.62. The van der Waals surface area contributed by atoms with E-state index in [1.807, 2.05) is 38.1 Å². The van der Waals surface area contributed by atoms with E-state index in [0.717, 1.165) is 17.0 Å². The van der Waals surface area contributed by atoms with E-state index in [-0.39, 0.29) is 12.6 Å². The fraction of sp³-hybridized carbons (Fsp3) is 0.357. The SMILES string of the molecule is CC(C)Oc1ccc(-c2cnc(C(O)CN)[nH]2)cc1. The Balaban J connectivity index is 2.15. The molecule has 0 saturated carbocycles. The van der Waals surface area contributed by atoms with Crippen molar-refractivity contribution in [3.63, 3.8) is 0 Å². The van der Waals surface area contributed by atoms with Gasteiger partial charge in [0.1, 0.15) is 17.7 Å². The molecule has 2 rings (SSSR count). The number of nitrogens with two attached hydrogens (primary N) is 1. The first-order chi connectivity index (χ1) is 9.10. The average Bonchev–Trinajstić information content (AvgIpc) is 2.87. The number of imidazole rings is 1. The van der Waals surface area contributed by atoms with Crippen molar-refractivity contribution in [2.45, 2.75) is 26.1 Å². The highest BCUT2D eigenvalue weighted by Crippen LogP contribution is 2.22. The van der Waals surface area contributed by atoms with Crippen LogP contribution in [0.3, 0.4) is 0 Å². The predicted molar refractivity (Wildman–Crippen MR) is 73.8 cm³/mol. The van der Waals surface area contributed by atoms with Gasteiger partial charge in [0.05, 0.1) is 18.0 Å². The monoisotopic (exact) mass is 261 g/mol. The van der Waals surface area contributed by atoms with Crippen LogP contribution in [0.1, 0.15) is 25.8 Å². The Morgan fingerprint density at radius 2 is 2.00 bits per heavy atom. The predicted octanol–water partition coefficient (Wildman–Crippen LogP) is 1.86. The van der Waals surface area contributed by atoms with E-state index in [1.165, 1.54) is 0 Å². The lowest BCUT2D eigenvalue weighted by molar-refractivity contribution is 0.177. The van der Waals surface area contributed by atoms with Crippen LogP contribution in [-0.2, 0) is 0 Å². The molecule has 0 bridgehead atoms. The first-order valence-corrected chi connectivity index (χ1v) is 6.30. The molecule has 0 amide bonds. The maximum absolute atomic E-state index is 9.59. The smallest absolute Gasteiger partial charge is 0.136 e. The largest absolute Gasteiger partial charge is 0.491 e. The van der Waals surface area contributed by atoms with Gasteiger partial charge in [0.25, 0.3) is 0 Å². The molecule has 0 spiro atoms. The molecule has 1 heterocycles. The molecule has 19 heavy (non-hydrogen) atoms. The maximum Gasteiger partial charge on any atom is 0.136 e. The van der Waals surface area contributed by atoms with Crippen LogP contribution in [0.5, 0.6) is 5.75 Å². The number of rotatable bonds is 5. The first kappa shape index (κ1) is 13.6. The van der Waals surface area contributed by atoms with Gasteiger partial charge in [0, 0.05) is 6.54 Å². The highest BCUT2D eigenvalue weighted by atomic mass is 16.5. The molecule has 0 fully saturated rings. The Morgan fingerprint density at radius 3 is 2.58 bits per heavy atom. The third kappa shape index (κ3) is 3.33. The summed E-state index contributed by atoms with van der Waals surface area (Å²) in [6.45, 7) is 4.13. The zero-order chi connectivity index (χ0) is 13.8. The van der Waals surface area contributed by atoms with Gasteiger partial charge >= 0.3 is 0 Å². The standard InChI is InChI=1S/C14H19N3O2/c1-9(2)19-11-5-3-10(4-6-11)12-8-16-14(17-12)13(18)7-15/h3-6,8-9,13,18H,7,15H2,1-2H3,(H,16,17). The minimum absolute atomic E-state index is 0.147. The molecule has 5 heteroatoms. The molecule has 102 valence electrons. The number of benzene rings is 1. The molecule has 0 aliphatic carbocycles. The van der Waals surface area contributed by atoms with Crippen molar-refractivity contribution in [1.82, 2.24) is 9.97 Å². The molecule has 1 atom stereocenters. The number of aromatic amines is 1. The van der Waals surface area contributed by atoms with E-state index in [9.17, 15) is 5.11 Å². The second-order valence-electron chi connectivity index (χ2n) is 4.62. The van der Waals surface area contributed by atoms with E-state index in [1.54, 1.807) is 6.20 Å². The Hall–Kier alpha value is -1.85. The number of nitrogens with zero attached hydrogens (tertiary/aromatic N) is 1. The molecule has 5 nitrogen and oxygen atoms in total. The van der Waals surface area contributed by atoms with E-state index in [2.05, 4.69) is 9.97 Å². The van der Waals surface area contributed by atoms with Crippen LogP contribution in [-0.4, -0.2) is 27.7 Å². The minimum Gasteiger partial charge on any atom is -0.491 e. The molecular weight excluding hydrogens is 242 g/mol. The van der Waals surface area contributed by atoms with Crippen LogP contribution in [0.15, 0.2) is 30.5 Å². The zero-order valence-corrected chi connectivity index (χ0v) is 11.1. The van der Waals surface area contributed by atoms with Crippen molar-refractivity contribution in [3.05, 3.63) is 36.3 Å². The molecule has 1 aromatic heterocycles. The van der Waals surface area contributed by atoms with Crippen molar-refractivity contribution in [2.24, 2.45) is 5.73 Å². The van der Waals surface area contributed by atoms with E-state index < -0.39 is 6.10 Å². The van der Waals surface area contributed by atoms with Crippen molar-refractivity contribution < 1.29 is 9.84 Å². The van der Waals surface area contributed by atoms with Gasteiger partial charge in [-0.25, -0.2) is 4.98 Å². The Kier molecular flexibility index (Phi) is 4.19. The van der Waals surface area contributed by atoms with Gasteiger partial charge in [-0.2, -0.15) is 0 Å². The summed E-state index contributed by atoms with van der Waals surface area (Å²) in [6.07, 6.45) is 1.09. The Labute approximate surface area is 112 Å². The summed E-state index contributed by atoms with van der Waals surface area (Å²) in [5, 5.41) is 9.59. The number of aliphatic hydroxyl groups is 1. The fourth-order valence-electron chi connectivity index (χ4n) is 1.75. The number of ether oxygens (including phenoxy) is 1. The molecule has 0 aliphatic rings. The normalized spacial score (nSPS) is 12.7. The number of aliphatic hydroxyl groups excluding tert-OH is 1. The summed E-state index contributed by atoms with van der Waals surface area (Å²) < 4.78 is 5.58. The van der Waals surface area contributed by atoms with Crippen LogP contribution in [0, 0.1) is 0 Å². The van der Waals surface area contributed by atoms with E-state index in [4.69, 9.17) is 10.5 Å². The minimum atomic E-state index is -0.753. The summed E-state index contributed by atoms with van der Waals surface area (Å²) in [4.78, 5) is 7.18. The summed E-state index contributed by atoms with van der Waals surface area (Å²) in [6, 6.07) is 7.72. The van der Waals surface area contributed by atoms with Crippen molar-refractivity contribution in [1.29, 1.82) is 0 Å². The van der Waals surface area contributed by atoms with Gasteiger partial charge in [0.15, 0.2) is 0 Å². The topological polar surface area (TPSA) is 84.2 Å². The lowest BCUT2D eigenvalue weighted by Crippen LogP contribution is -2.12. The molecule has 0 radical (unpaired) electrons. The molecule has 4 N–H and O–H groups in total. The number of hydrogen-bond acceptors (Lipinski definition) is 4. The quantitative estimate of drug-likeness (QED) is 0.767. The number of hydrogen-bond donors (Lipinski definition) is 3. The third-order valence-corrected chi connectivity index (χ3v) is 2.67. The van der Waals surface area contributed by atoms with Crippen LogP contribution in [0.2, 0.25) is 0 Å². The molecule has 0 saturated heterocycles. The van der Waals surface area contributed by atoms with Gasteiger partial charge in [-0.1, -0.05) is 0 Å². The van der Waals surface area contributed by atoms with E-state index in [0.29, 0.717) is 5.82 Å². The van der Waals surface area contributed by atoms with Gasteiger partial charge in [0.2, 0.25) is 0 Å². The lowest BCUT2D eigenvalue weighted by Gasteiger charge is -2.09. The van der Waals surface area contributed by atoms with Gasteiger partial charge in [-0.05, 0) is 43.7 Å². The van der Waals surface area contributed by atoms with Gasteiger partial charge in [-0.3, -0.25) is 0 Å². The van der Waals surface area contributed by atoms with Crippen LogP contribution < -0.4 is 10.5 Å². The summed E-state index contributed by atoms with van der Waals surface area (Å²) >= 11 is 0. The van der Waals surface area contributed by atoms with Crippen LogP contribution in [0.4, 0.5) is 0 Å². The molecule has 1 aromatic carbocycles. The van der Waals surface area contributed by atoms with Crippen LogP contribution in [0.25, 0.3) is 11.3 Å². The summed E-state index contributed by atoms with van der Waals surface area (Å²) in [5.74, 6) is 1.32. The Bertz CT molecular complexity index is 520. The summed E-state index contributed by atoms with van der Waals surface area (Å²) in [5.41, 5.74) is 7.22. The molecule has 0 aliphatic heterocycles. The maximum atomic E-state index is 9.59. The number of H-pyrrole nitrogens is 1. The fourth-order valence-corrected chi connectivity index (χ4v) is 1.75. The zero-order valence-electron chi connectivity index (χ0n) is 11.1. The van der Waals surface area contributed by atoms with Gasteiger partial charge in [-0.15, -0.1) is 0 Å². The first-order valence-electron chi connectivity index (χ1n) is 6.30. The third-order valence-electron chi connectivity index (χ3n) is 2.67. The number of aromatic nitrogens is 2. The second kappa shape index (κ2) is 5.86. The highest BCUT2D eigenvalue weighted by molar-refractivity contribution is 5.59. The average molecular weight is 261 g/mol. The highest BCUT2D eigenvalue weighted by Gasteiger charge is 2.10. The summed E-state index contributed by atoms with van der Waals surface area (Å²) in [7, 11) is 0. The van der Waals surface area contributed by atoms with E-state index >= 15 is 0 Å². The van der Waals surface area contributed by atoms with Crippen molar-refractivity contribution >= 4 is 0 Å². The molecular formula is C14H19N3O2. The van der Waals surface area contributed by atoms with Crippen molar-refractivity contribution in [2.75, 3.05) is 6.54 Å². The number of nitrogens with one attached hydrogen (secondary N) is 1. The Morgan fingerprint density at radius 1 is 1.32 bits per heavy atom. The molecule has 1 unspecified atom stereocenters. The molecule has 2 aromatic rings. The van der Waals surface area contributed by atoms with Gasteiger partial charge < -0.3 is 20.6 Å².